The highest BCUT2D eigenvalue weighted by molar-refractivity contribution is 6.05. The lowest BCUT2D eigenvalue weighted by Gasteiger charge is -2.28. The number of methoxy groups -OCH3 is 1. The van der Waals surface area contributed by atoms with Crippen molar-refractivity contribution in [2.45, 2.75) is 20.8 Å². The Morgan fingerprint density at radius 3 is 2.04 bits per heavy atom. The molecule has 0 fully saturated rings. The number of rotatable bonds is 6. The summed E-state index contributed by atoms with van der Waals surface area (Å²) in [5.74, 6) is -3.70. The van der Waals surface area contributed by atoms with Crippen molar-refractivity contribution in [3.05, 3.63) is 22.5 Å². The summed E-state index contributed by atoms with van der Waals surface area (Å²) in [5, 5.41) is 2.85. The SMILES string of the molecule is CCOC(=O)C1=C(C)NC(C)=C(C(=O)OCC=O)C1C(=O)OC. The predicted molar refractivity (Wildman–Crippen MR) is 77.7 cm³/mol. The Morgan fingerprint density at radius 2 is 1.61 bits per heavy atom. The third-order valence-electron chi connectivity index (χ3n) is 3.19. The number of hydrogen-bond donors (Lipinski definition) is 1. The minimum atomic E-state index is -1.28. The second kappa shape index (κ2) is 8.11. The number of esters is 3. The molecule has 0 saturated carbocycles. The number of carbonyl (C=O) groups excluding carboxylic acids is 4. The van der Waals surface area contributed by atoms with Crippen LogP contribution in [0.5, 0.6) is 0 Å². The van der Waals surface area contributed by atoms with Crippen molar-refractivity contribution >= 4 is 24.2 Å². The molecule has 0 radical (unpaired) electrons. The van der Waals surface area contributed by atoms with Gasteiger partial charge in [-0.25, -0.2) is 9.59 Å². The molecule has 126 valence electrons. The smallest absolute Gasteiger partial charge is 0.337 e. The van der Waals surface area contributed by atoms with Gasteiger partial charge in [0.05, 0.1) is 24.9 Å². The van der Waals surface area contributed by atoms with Gasteiger partial charge >= 0.3 is 17.9 Å². The zero-order valence-electron chi connectivity index (χ0n) is 13.4. The fraction of sp³-hybridized carbons (Fsp3) is 0.467. The van der Waals surface area contributed by atoms with Crippen LogP contribution in [-0.2, 0) is 33.4 Å². The lowest BCUT2D eigenvalue weighted by molar-refractivity contribution is -0.150. The molecule has 0 aromatic carbocycles. The van der Waals surface area contributed by atoms with Crippen molar-refractivity contribution < 1.29 is 33.4 Å². The van der Waals surface area contributed by atoms with Crippen LogP contribution in [0.3, 0.4) is 0 Å². The van der Waals surface area contributed by atoms with Gasteiger partial charge in [-0.05, 0) is 20.8 Å². The monoisotopic (exact) mass is 325 g/mol. The van der Waals surface area contributed by atoms with Crippen molar-refractivity contribution in [3.8, 4) is 0 Å². The van der Waals surface area contributed by atoms with Crippen molar-refractivity contribution in [1.29, 1.82) is 0 Å². The Labute approximate surface area is 133 Å². The van der Waals surface area contributed by atoms with Crippen LogP contribution in [0.15, 0.2) is 22.5 Å². The molecule has 1 unspecified atom stereocenters. The molecule has 0 amide bonds. The standard InChI is InChI=1S/C15H19NO7/c1-5-22-14(19)10-8(2)16-9(3)11(12(10)13(18)21-4)15(20)23-7-6-17/h6,12,16H,5,7H2,1-4H3. The Hall–Kier alpha value is -2.64. The quantitative estimate of drug-likeness (QED) is 0.420. The van der Waals surface area contributed by atoms with E-state index in [0.29, 0.717) is 17.7 Å². The van der Waals surface area contributed by atoms with Gasteiger partial charge in [0, 0.05) is 11.4 Å². The first-order chi connectivity index (χ1) is 10.9. The minimum Gasteiger partial charge on any atom is -0.468 e. The molecule has 0 aliphatic carbocycles. The van der Waals surface area contributed by atoms with Crippen molar-refractivity contribution in [2.75, 3.05) is 20.3 Å². The molecule has 8 nitrogen and oxygen atoms in total. The lowest BCUT2D eigenvalue weighted by Crippen LogP contribution is -2.38. The van der Waals surface area contributed by atoms with Gasteiger partial charge in [0.25, 0.3) is 0 Å². The van der Waals surface area contributed by atoms with E-state index in [1.54, 1.807) is 20.8 Å². The van der Waals surface area contributed by atoms with Crippen LogP contribution in [0.4, 0.5) is 0 Å². The minimum absolute atomic E-state index is 0.0256. The summed E-state index contributed by atoms with van der Waals surface area (Å²) in [4.78, 5) is 46.9. The van der Waals surface area contributed by atoms with E-state index in [-0.39, 0.29) is 17.8 Å². The number of allylic oxidation sites excluding steroid dienone is 2. The Balaban J connectivity index is 3.34. The first-order valence-electron chi connectivity index (χ1n) is 6.93. The number of carbonyl (C=O) groups is 4. The molecular formula is C15H19NO7. The zero-order valence-corrected chi connectivity index (χ0v) is 13.4. The number of dihydropyridines is 1. The third kappa shape index (κ3) is 3.97. The van der Waals surface area contributed by atoms with E-state index in [9.17, 15) is 19.2 Å². The largest absolute Gasteiger partial charge is 0.468 e. The number of ether oxygens (including phenoxy) is 3. The molecule has 1 aliphatic heterocycles. The summed E-state index contributed by atoms with van der Waals surface area (Å²) >= 11 is 0. The highest BCUT2D eigenvalue weighted by Gasteiger charge is 2.42. The molecule has 0 aromatic heterocycles. The van der Waals surface area contributed by atoms with Crippen molar-refractivity contribution in [3.63, 3.8) is 0 Å². The van der Waals surface area contributed by atoms with Gasteiger partial charge in [-0.15, -0.1) is 0 Å². The van der Waals surface area contributed by atoms with Gasteiger partial charge in [0.1, 0.15) is 12.5 Å². The van der Waals surface area contributed by atoms with Crippen LogP contribution < -0.4 is 5.32 Å². The van der Waals surface area contributed by atoms with E-state index in [1.807, 2.05) is 0 Å². The second-order valence-corrected chi connectivity index (χ2v) is 4.64. The fourth-order valence-corrected chi connectivity index (χ4v) is 2.29. The van der Waals surface area contributed by atoms with Gasteiger partial charge < -0.3 is 19.5 Å². The Kier molecular flexibility index (Phi) is 6.49. The zero-order chi connectivity index (χ0) is 17.6. The molecule has 1 aliphatic rings. The van der Waals surface area contributed by atoms with Crippen LogP contribution in [0.25, 0.3) is 0 Å². The van der Waals surface area contributed by atoms with Crippen LogP contribution in [-0.4, -0.2) is 44.5 Å². The highest BCUT2D eigenvalue weighted by Crippen LogP contribution is 2.32. The number of hydrogen-bond acceptors (Lipinski definition) is 8. The lowest BCUT2D eigenvalue weighted by atomic mass is 9.85. The van der Waals surface area contributed by atoms with E-state index in [1.165, 1.54) is 0 Å². The van der Waals surface area contributed by atoms with E-state index < -0.39 is 30.4 Å². The first kappa shape index (κ1) is 18.4. The average molecular weight is 325 g/mol. The summed E-state index contributed by atoms with van der Waals surface area (Å²) in [5.41, 5.74) is 0.597. The molecule has 1 N–H and O–H groups in total. The third-order valence-corrected chi connectivity index (χ3v) is 3.19. The molecule has 1 rings (SSSR count). The molecule has 0 aromatic rings. The second-order valence-electron chi connectivity index (χ2n) is 4.64. The maximum atomic E-state index is 12.2. The van der Waals surface area contributed by atoms with Gasteiger partial charge in [-0.2, -0.15) is 0 Å². The summed E-state index contributed by atoms with van der Waals surface area (Å²) in [6.45, 7) is 4.41. The summed E-state index contributed by atoms with van der Waals surface area (Å²) in [6, 6.07) is 0. The average Bonchev–Trinajstić information content (AvgIpc) is 2.51. The summed E-state index contributed by atoms with van der Waals surface area (Å²) in [7, 11) is 1.15. The maximum Gasteiger partial charge on any atom is 0.337 e. The Bertz CT molecular complexity index is 589. The topological polar surface area (TPSA) is 108 Å². The summed E-state index contributed by atoms with van der Waals surface area (Å²) in [6.07, 6.45) is 0.407. The molecule has 0 spiro atoms. The van der Waals surface area contributed by atoms with Gasteiger partial charge in [-0.3, -0.25) is 9.59 Å². The summed E-state index contributed by atoms with van der Waals surface area (Å²) < 4.78 is 14.4. The van der Waals surface area contributed by atoms with Crippen molar-refractivity contribution in [1.82, 2.24) is 5.32 Å². The molecular weight excluding hydrogens is 306 g/mol. The number of aldehydes is 1. The van der Waals surface area contributed by atoms with E-state index in [4.69, 9.17) is 14.2 Å². The van der Waals surface area contributed by atoms with E-state index in [0.717, 1.165) is 7.11 Å². The molecule has 8 heteroatoms. The molecule has 1 heterocycles. The molecule has 23 heavy (non-hydrogen) atoms. The molecule has 0 bridgehead atoms. The van der Waals surface area contributed by atoms with Crippen LogP contribution in [0.2, 0.25) is 0 Å². The Morgan fingerprint density at radius 1 is 1.09 bits per heavy atom. The van der Waals surface area contributed by atoms with Gasteiger partial charge in [0.15, 0.2) is 6.29 Å². The first-order valence-corrected chi connectivity index (χ1v) is 6.93. The fourth-order valence-electron chi connectivity index (χ4n) is 2.29. The van der Waals surface area contributed by atoms with Crippen molar-refractivity contribution in [2.24, 2.45) is 5.92 Å². The van der Waals surface area contributed by atoms with E-state index in [2.05, 4.69) is 5.32 Å². The highest BCUT2D eigenvalue weighted by atomic mass is 16.5. The normalized spacial score (nSPS) is 17.3. The number of nitrogens with one attached hydrogen (secondary N) is 1. The predicted octanol–water partition coefficient (Wildman–Crippen LogP) is 0.232. The van der Waals surface area contributed by atoms with Crippen LogP contribution in [0.1, 0.15) is 20.8 Å². The van der Waals surface area contributed by atoms with Crippen LogP contribution >= 0.6 is 0 Å². The van der Waals surface area contributed by atoms with Gasteiger partial charge in [0.2, 0.25) is 0 Å². The maximum absolute atomic E-state index is 12.2. The molecule has 1 atom stereocenters. The van der Waals surface area contributed by atoms with Gasteiger partial charge in [-0.1, -0.05) is 0 Å². The van der Waals surface area contributed by atoms with Crippen LogP contribution in [0, 0.1) is 5.92 Å². The molecule has 0 saturated heterocycles. The van der Waals surface area contributed by atoms with E-state index >= 15 is 0 Å².